The molecule has 1 fully saturated rings. The van der Waals surface area contributed by atoms with Gasteiger partial charge in [0.15, 0.2) is 0 Å². The third kappa shape index (κ3) is 2.84. The number of carbonyl (C=O) groups is 1. The number of rotatable bonds is 4. The first kappa shape index (κ1) is 14.1. The Bertz CT molecular complexity index is 458. The highest BCUT2D eigenvalue weighted by Crippen LogP contribution is 2.23. The van der Waals surface area contributed by atoms with Crippen LogP contribution in [0.25, 0.3) is 0 Å². The average molecular weight is 265 g/mol. The Morgan fingerprint density at radius 1 is 1.32 bits per heavy atom. The summed E-state index contributed by atoms with van der Waals surface area (Å²) in [6, 6.07) is 0. The average Bonchev–Trinajstić information content (AvgIpc) is 2.96. The number of carbonyl (C=O) groups excluding carboxylic acids is 1. The van der Waals surface area contributed by atoms with Crippen molar-refractivity contribution in [2.45, 2.75) is 46.6 Å². The number of furan rings is 1. The van der Waals surface area contributed by atoms with Crippen molar-refractivity contribution in [1.82, 2.24) is 4.90 Å². The molecule has 1 aromatic heterocycles. The van der Waals surface area contributed by atoms with Gasteiger partial charge in [-0.3, -0.25) is 4.79 Å². The monoisotopic (exact) mass is 265 g/mol. The number of aryl methyl sites for hydroxylation is 2. The van der Waals surface area contributed by atoms with Crippen molar-refractivity contribution in [3.63, 3.8) is 0 Å². The van der Waals surface area contributed by atoms with Crippen LogP contribution in [0.2, 0.25) is 0 Å². The minimum atomic E-state index is 0.0600. The second-order valence-corrected chi connectivity index (χ2v) is 5.19. The van der Waals surface area contributed by atoms with E-state index < -0.39 is 0 Å². The lowest BCUT2D eigenvalue weighted by molar-refractivity contribution is 0.0537. The quantitative estimate of drug-likeness (QED) is 0.840. The van der Waals surface area contributed by atoms with Gasteiger partial charge in [0.05, 0.1) is 11.7 Å². The summed E-state index contributed by atoms with van der Waals surface area (Å²) in [5.74, 6) is 1.60. The van der Waals surface area contributed by atoms with E-state index in [0.29, 0.717) is 18.8 Å². The molecule has 1 amide bonds. The van der Waals surface area contributed by atoms with Gasteiger partial charge in [0.1, 0.15) is 11.5 Å². The van der Waals surface area contributed by atoms with Gasteiger partial charge in [-0.25, -0.2) is 0 Å². The maximum absolute atomic E-state index is 12.6. The molecule has 1 atom stereocenters. The second kappa shape index (κ2) is 5.78. The Kier molecular flexibility index (Phi) is 4.30. The fraction of sp³-hybridized carbons (Fsp3) is 0.667. The first-order chi connectivity index (χ1) is 9.04. The second-order valence-electron chi connectivity index (χ2n) is 5.19. The van der Waals surface area contributed by atoms with Crippen LogP contribution in [0.5, 0.6) is 0 Å². The van der Waals surface area contributed by atoms with E-state index in [1.807, 2.05) is 32.6 Å². The van der Waals surface area contributed by atoms with E-state index in [2.05, 4.69) is 0 Å². The van der Waals surface area contributed by atoms with Crippen molar-refractivity contribution in [2.75, 3.05) is 19.7 Å². The van der Waals surface area contributed by atoms with E-state index in [9.17, 15) is 4.79 Å². The highest BCUT2D eigenvalue weighted by atomic mass is 16.5. The van der Waals surface area contributed by atoms with E-state index in [1.54, 1.807) is 0 Å². The molecule has 106 valence electrons. The summed E-state index contributed by atoms with van der Waals surface area (Å²) in [7, 11) is 0. The van der Waals surface area contributed by atoms with Crippen LogP contribution in [0, 0.1) is 20.8 Å². The normalized spacial score (nSPS) is 18.8. The smallest absolute Gasteiger partial charge is 0.257 e. The molecular weight excluding hydrogens is 242 g/mol. The van der Waals surface area contributed by atoms with Gasteiger partial charge in [0.2, 0.25) is 0 Å². The summed E-state index contributed by atoms with van der Waals surface area (Å²) >= 11 is 0. The van der Waals surface area contributed by atoms with E-state index in [-0.39, 0.29) is 12.0 Å². The molecule has 0 aromatic carbocycles. The molecule has 4 heteroatoms. The number of hydrogen-bond donors (Lipinski definition) is 0. The van der Waals surface area contributed by atoms with Gasteiger partial charge in [-0.2, -0.15) is 0 Å². The molecule has 19 heavy (non-hydrogen) atoms. The molecule has 1 saturated heterocycles. The molecule has 1 aromatic rings. The summed E-state index contributed by atoms with van der Waals surface area (Å²) in [4.78, 5) is 14.5. The molecule has 0 bridgehead atoms. The van der Waals surface area contributed by atoms with Crippen molar-refractivity contribution in [1.29, 1.82) is 0 Å². The van der Waals surface area contributed by atoms with E-state index >= 15 is 0 Å². The third-order valence-electron chi connectivity index (χ3n) is 3.89. The van der Waals surface area contributed by atoms with E-state index in [4.69, 9.17) is 9.15 Å². The first-order valence-electron chi connectivity index (χ1n) is 7.02. The van der Waals surface area contributed by atoms with Gasteiger partial charge in [-0.1, -0.05) is 0 Å². The van der Waals surface area contributed by atoms with Crippen LogP contribution >= 0.6 is 0 Å². The fourth-order valence-electron chi connectivity index (χ4n) is 2.66. The number of nitrogens with zero attached hydrogens (tertiary/aromatic N) is 1. The molecule has 0 radical (unpaired) electrons. The van der Waals surface area contributed by atoms with Gasteiger partial charge in [0.25, 0.3) is 5.91 Å². The molecule has 0 N–H and O–H groups in total. The lowest BCUT2D eigenvalue weighted by atomic mass is 10.1. The largest absolute Gasteiger partial charge is 0.466 e. The summed E-state index contributed by atoms with van der Waals surface area (Å²) in [6.07, 6.45) is 2.34. The van der Waals surface area contributed by atoms with E-state index in [0.717, 1.165) is 36.3 Å². The van der Waals surface area contributed by atoms with Crippen LogP contribution in [-0.2, 0) is 4.74 Å². The lowest BCUT2D eigenvalue weighted by Gasteiger charge is -2.24. The minimum absolute atomic E-state index is 0.0600. The standard InChI is InChI=1S/C15H23NO3/c1-5-16(9-13-7-6-8-18-13)15(17)14-10(2)11(3)19-12(14)4/h13H,5-9H2,1-4H3/t13-/m1/s1. The topological polar surface area (TPSA) is 42.7 Å². The Hall–Kier alpha value is -1.29. The van der Waals surface area contributed by atoms with Crippen LogP contribution in [0.15, 0.2) is 4.42 Å². The first-order valence-corrected chi connectivity index (χ1v) is 7.02. The third-order valence-corrected chi connectivity index (χ3v) is 3.89. The molecule has 2 heterocycles. The highest BCUT2D eigenvalue weighted by Gasteiger charge is 2.26. The Labute approximate surface area is 114 Å². The van der Waals surface area contributed by atoms with Crippen LogP contribution in [-0.4, -0.2) is 36.6 Å². The number of hydrogen-bond acceptors (Lipinski definition) is 3. The number of amides is 1. The van der Waals surface area contributed by atoms with E-state index in [1.165, 1.54) is 0 Å². The molecule has 0 saturated carbocycles. The Balaban J connectivity index is 2.15. The maximum atomic E-state index is 12.6. The summed E-state index contributed by atoms with van der Waals surface area (Å²) < 4.78 is 11.2. The molecule has 1 aliphatic heterocycles. The Morgan fingerprint density at radius 2 is 2.05 bits per heavy atom. The molecule has 4 nitrogen and oxygen atoms in total. The summed E-state index contributed by atoms with van der Waals surface area (Å²) in [6.45, 7) is 9.89. The van der Waals surface area contributed by atoms with Gasteiger partial charge in [0, 0.05) is 25.3 Å². The van der Waals surface area contributed by atoms with Crippen LogP contribution < -0.4 is 0 Å². The molecular formula is C15H23NO3. The number of likely N-dealkylation sites (N-methyl/N-ethyl adjacent to an activating group) is 1. The molecule has 0 aliphatic carbocycles. The highest BCUT2D eigenvalue weighted by molar-refractivity contribution is 5.96. The van der Waals surface area contributed by atoms with Crippen LogP contribution in [0.1, 0.15) is 47.2 Å². The van der Waals surface area contributed by atoms with Crippen molar-refractivity contribution < 1.29 is 13.9 Å². The van der Waals surface area contributed by atoms with Gasteiger partial charge in [-0.15, -0.1) is 0 Å². The SMILES string of the molecule is CCN(C[C@H]1CCCO1)C(=O)c1c(C)oc(C)c1C. The van der Waals surface area contributed by atoms with Crippen molar-refractivity contribution in [3.05, 3.63) is 22.6 Å². The Morgan fingerprint density at radius 3 is 2.53 bits per heavy atom. The van der Waals surface area contributed by atoms with Gasteiger partial charge < -0.3 is 14.1 Å². The predicted molar refractivity (Wildman–Crippen MR) is 73.5 cm³/mol. The van der Waals surface area contributed by atoms with Crippen molar-refractivity contribution in [2.24, 2.45) is 0 Å². The van der Waals surface area contributed by atoms with Crippen LogP contribution in [0.4, 0.5) is 0 Å². The molecule has 0 unspecified atom stereocenters. The van der Waals surface area contributed by atoms with Crippen molar-refractivity contribution >= 4 is 5.91 Å². The number of ether oxygens (including phenoxy) is 1. The van der Waals surface area contributed by atoms with Gasteiger partial charge >= 0.3 is 0 Å². The van der Waals surface area contributed by atoms with Crippen molar-refractivity contribution in [3.8, 4) is 0 Å². The zero-order valence-electron chi connectivity index (χ0n) is 12.3. The van der Waals surface area contributed by atoms with Crippen LogP contribution in [0.3, 0.4) is 0 Å². The fourth-order valence-corrected chi connectivity index (χ4v) is 2.66. The summed E-state index contributed by atoms with van der Waals surface area (Å²) in [5.41, 5.74) is 1.67. The minimum Gasteiger partial charge on any atom is -0.466 e. The summed E-state index contributed by atoms with van der Waals surface area (Å²) in [5, 5.41) is 0. The maximum Gasteiger partial charge on any atom is 0.257 e. The molecule has 0 spiro atoms. The molecule has 2 rings (SSSR count). The lowest BCUT2D eigenvalue weighted by Crippen LogP contribution is -2.37. The molecule has 1 aliphatic rings. The predicted octanol–water partition coefficient (Wildman–Crippen LogP) is 2.85. The zero-order valence-corrected chi connectivity index (χ0v) is 12.3. The zero-order chi connectivity index (χ0) is 14.0. The van der Waals surface area contributed by atoms with Gasteiger partial charge in [-0.05, 0) is 40.5 Å².